The molecule has 0 unspecified atom stereocenters. The van der Waals surface area contributed by atoms with Gasteiger partial charge in [0.25, 0.3) is 5.91 Å². The van der Waals surface area contributed by atoms with Crippen molar-refractivity contribution in [1.82, 2.24) is 0 Å². The van der Waals surface area contributed by atoms with Gasteiger partial charge in [-0.05, 0) is 55.3 Å². The quantitative estimate of drug-likeness (QED) is 0.581. The minimum atomic E-state index is -0.655. The normalized spacial score (nSPS) is 10.1. The van der Waals surface area contributed by atoms with E-state index in [0.29, 0.717) is 17.0 Å². The SMILES string of the molecule is CCc1ccc(NC(=O)COC(=O)COc2ccc(C(C)=O)cc2)cc1. The molecule has 0 aliphatic rings. The molecule has 0 spiro atoms. The van der Waals surface area contributed by atoms with Gasteiger partial charge >= 0.3 is 5.97 Å². The van der Waals surface area contributed by atoms with Crippen molar-refractivity contribution in [3.05, 3.63) is 59.7 Å². The molecule has 0 aromatic heterocycles. The van der Waals surface area contributed by atoms with Crippen LogP contribution in [0.5, 0.6) is 5.75 Å². The fourth-order valence-corrected chi connectivity index (χ4v) is 2.14. The van der Waals surface area contributed by atoms with Crippen molar-refractivity contribution in [3.63, 3.8) is 0 Å². The lowest BCUT2D eigenvalue weighted by atomic mass is 10.1. The third kappa shape index (κ3) is 6.05. The van der Waals surface area contributed by atoms with Crippen molar-refractivity contribution in [1.29, 1.82) is 0 Å². The van der Waals surface area contributed by atoms with Crippen molar-refractivity contribution >= 4 is 23.3 Å². The molecule has 6 nitrogen and oxygen atoms in total. The molecule has 0 radical (unpaired) electrons. The number of ketones is 1. The summed E-state index contributed by atoms with van der Waals surface area (Å²) >= 11 is 0. The average molecular weight is 355 g/mol. The van der Waals surface area contributed by atoms with Crippen molar-refractivity contribution in [3.8, 4) is 5.75 Å². The van der Waals surface area contributed by atoms with Gasteiger partial charge in [0.05, 0.1) is 0 Å². The molecule has 1 N–H and O–H groups in total. The zero-order chi connectivity index (χ0) is 18.9. The maximum atomic E-state index is 11.8. The fraction of sp³-hybridized carbons (Fsp3) is 0.250. The zero-order valence-electron chi connectivity index (χ0n) is 14.8. The topological polar surface area (TPSA) is 81.7 Å². The van der Waals surface area contributed by atoms with Crippen LogP contribution in [0.2, 0.25) is 0 Å². The van der Waals surface area contributed by atoms with Gasteiger partial charge in [-0.2, -0.15) is 0 Å². The van der Waals surface area contributed by atoms with E-state index >= 15 is 0 Å². The first-order valence-corrected chi connectivity index (χ1v) is 8.26. The Labute approximate surface area is 152 Å². The number of ether oxygens (including phenoxy) is 2. The summed E-state index contributed by atoms with van der Waals surface area (Å²) in [5.74, 6) is -0.691. The van der Waals surface area contributed by atoms with E-state index in [4.69, 9.17) is 9.47 Å². The number of benzene rings is 2. The standard InChI is InChI=1S/C20H21NO5/c1-3-15-4-8-17(9-5-15)21-19(23)12-26-20(24)13-25-18-10-6-16(7-11-18)14(2)22/h4-11H,3,12-13H2,1-2H3,(H,21,23). The summed E-state index contributed by atoms with van der Waals surface area (Å²) in [4.78, 5) is 34.6. The molecule has 0 bridgehead atoms. The molecule has 26 heavy (non-hydrogen) atoms. The minimum absolute atomic E-state index is 0.0497. The highest BCUT2D eigenvalue weighted by atomic mass is 16.6. The Hall–Kier alpha value is -3.15. The van der Waals surface area contributed by atoms with E-state index in [9.17, 15) is 14.4 Å². The van der Waals surface area contributed by atoms with E-state index in [1.54, 1.807) is 36.4 Å². The zero-order valence-corrected chi connectivity index (χ0v) is 14.8. The lowest BCUT2D eigenvalue weighted by Crippen LogP contribution is -2.23. The third-order valence-corrected chi connectivity index (χ3v) is 3.63. The Bertz CT molecular complexity index is 766. The van der Waals surface area contributed by atoms with Gasteiger partial charge in [0, 0.05) is 11.3 Å². The van der Waals surface area contributed by atoms with Gasteiger partial charge in [-0.15, -0.1) is 0 Å². The van der Waals surface area contributed by atoms with Crippen molar-refractivity contribution in [2.45, 2.75) is 20.3 Å². The van der Waals surface area contributed by atoms with Crippen molar-refractivity contribution < 1.29 is 23.9 Å². The smallest absolute Gasteiger partial charge is 0.344 e. The Kier molecular flexibility index (Phi) is 6.91. The van der Waals surface area contributed by atoms with Crippen LogP contribution in [0.15, 0.2) is 48.5 Å². The number of anilines is 1. The fourth-order valence-electron chi connectivity index (χ4n) is 2.14. The van der Waals surface area contributed by atoms with Crippen LogP contribution in [0.25, 0.3) is 0 Å². The van der Waals surface area contributed by atoms with Crippen LogP contribution in [0.3, 0.4) is 0 Å². The predicted octanol–water partition coefficient (Wildman–Crippen LogP) is 3.01. The molecule has 136 valence electrons. The van der Waals surface area contributed by atoms with Gasteiger partial charge in [0.1, 0.15) is 5.75 Å². The average Bonchev–Trinajstić information content (AvgIpc) is 2.65. The molecular formula is C20H21NO5. The van der Waals surface area contributed by atoms with Gasteiger partial charge in [0.2, 0.25) is 0 Å². The van der Waals surface area contributed by atoms with E-state index < -0.39 is 11.9 Å². The second kappa shape index (κ2) is 9.36. The number of aryl methyl sites for hydroxylation is 1. The first kappa shape index (κ1) is 19.2. The third-order valence-electron chi connectivity index (χ3n) is 3.63. The van der Waals surface area contributed by atoms with Gasteiger partial charge in [0.15, 0.2) is 19.0 Å². The summed E-state index contributed by atoms with van der Waals surface area (Å²) in [6.07, 6.45) is 0.920. The summed E-state index contributed by atoms with van der Waals surface area (Å²) in [5.41, 5.74) is 2.37. The summed E-state index contributed by atoms with van der Waals surface area (Å²) in [7, 11) is 0. The van der Waals surface area contributed by atoms with Crippen molar-refractivity contribution in [2.24, 2.45) is 0 Å². The van der Waals surface area contributed by atoms with Crippen LogP contribution < -0.4 is 10.1 Å². The number of amides is 1. The molecule has 0 aliphatic heterocycles. The number of hydrogen-bond donors (Lipinski definition) is 1. The molecule has 0 fully saturated rings. The number of carbonyl (C=O) groups excluding carboxylic acids is 3. The molecule has 2 rings (SSSR count). The highest BCUT2D eigenvalue weighted by Gasteiger charge is 2.09. The number of hydrogen-bond acceptors (Lipinski definition) is 5. The van der Waals surface area contributed by atoms with E-state index in [1.165, 1.54) is 12.5 Å². The van der Waals surface area contributed by atoms with Crippen molar-refractivity contribution in [2.75, 3.05) is 18.5 Å². The lowest BCUT2D eigenvalue weighted by molar-refractivity contribution is -0.149. The number of rotatable bonds is 8. The predicted molar refractivity (Wildman–Crippen MR) is 97.4 cm³/mol. The van der Waals surface area contributed by atoms with Crippen LogP contribution >= 0.6 is 0 Å². The maximum Gasteiger partial charge on any atom is 0.344 e. The second-order valence-electron chi connectivity index (χ2n) is 5.63. The number of nitrogens with one attached hydrogen (secondary N) is 1. The number of esters is 1. The van der Waals surface area contributed by atoms with Crippen LogP contribution in [0.4, 0.5) is 5.69 Å². The molecule has 6 heteroatoms. The molecule has 0 atom stereocenters. The highest BCUT2D eigenvalue weighted by Crippen LogP contribution is 2.13. The largest absolute Gasteiger partial charge is 0.482 e. The highest BCUT2D eigenvalue weighted by molar-refractivity contribution is 5.94. The molecule has 2 aromatic rings. The summed E-state index contributed by atoms with van der Waals surface area (Å²) < 4.78 is 10.1. The van der Waals surface area contributed by atoms with Crippen LogP contribution in [0, 0.1) is 0 Å². The van der Waals surface area contributed by atoms with Gasteiger partial charge in [-0.25, -0.2) is 4.79 Å². The van der Waals surface area contributed by atoms with E-state index in [-0.39, 0.29) is 19.0 Å². The van der Waals surface area contributed by atoms with Crippen LogP contribution in [-0.2, 0) is 20.7 Å². The Morgan fingerprint density at radius 1 is 0.923 bits per heavy atom. The van der Waals surface area contributed by atoms with Gasteiger partial charge in [-0.3, -0.25) is 9.59 Å². The minimum Gasteiger partial charge on any atom is -0.482 e. The molecule has 0 aliphatic carbocycles. The second-order valence-corrected chi connectivity index (χ2v) is 5.63. The molecular weight excluding hydrogens is 334 g/mol. The lowest BCUT2D eigenvalue weighted by Gasteiger charge is -2.08. The molecule has 2 aromatic carbocycles. The monoisotopic (exact) mass is 355 g/mol. The summed E-state index contributed by atoms with van der Waals surface area (Å²) in [5, 5.41) is 2.65. The Balaban J connectivity index is 1.71. The first-order valence-electron chi connectivity index (χ1n) is 8.26. The Morgan fingerprint density at radius 2 is 1.58 bits per heavy atom. The molecule has 0 saturated heterocycles. The number of carbonyl (C=O) groups is 3. The first-order chi connectivity index (χ1) is 12.5. The van der Waals surface area contributed by atoms with Gasteiger partial charge < -0.3 is 14.8 Å². The van der Waals surface area contributed by atoms with Crippen LogP contribution in [-0.4, -0.2) is 30.9 Å². The summed E-state index contributed by atoms with van der Waals surface area (Å²) in [6, 6.07) is 13.9. The Morgan fingerprint density at radius 3 is 2.15 bits per heavy atom. The van der Waals surface area contributed by atoms with E-state index in [2.05, 4.69) is 5.32 Å². The molecule has 1 amide bonds. The maximum absolute atomic E-state index is 11.8. The molecule has 0 saturated carbocycles. The summed E-state index contributed by atoms with van der Waals surface area (Å²) in [6.45, 7) is 2.81. The van der Waals surface area contributed by atoms with E-state index in [1.807, 2.05) is 19.1 Å². The van der Waals surface area contributed by atoms with Crippen LogP contribution in [0.1, 0.15) is 29.8 Å². The molecule has 0 heterocycles. The van der Waals surface area contributed by atoms with E-state index in [0.717, 1.165) is 6.42 Å². The van der Waals surface area contributed by atoms with Gasteiger partial charge in [-0.1, -0.05) is 19.1 Å². The number of Topliss-reactive ketones (excluding diaryl/α,β-unsaturated/α-hetero) is 1.